The third-order valence-corrected chi connectivity index (χ3v) is 7.36. The summed E-state index contributed by atoms with van der Waals surface area (Å²) in [6, 6.07) is 0.826. The van der Waals surface area contributed by atoms with Crippen LogP contribution in [0.15, 0.2) is 35.6 Å². The maximum atomic E-state index is 14.6. The predicted molar refractivity (Wildman–Crippen MR) is 120 cm³/mol. The summed E-state index contributed by atoms with van der Waals surface area (Å²) >= 11 is 0. The van der Waals surface area contributed by atoms with E-state index in [1.807, 2.05) is 4.90 Å². The number of likely N-dealkylation sites (tertiary alicyclic amines) is 1. The molecule has 11 heteroatoms. The van der Waals surface area contributed by atoms with Crippen LogP contribution in [0.25, 0.3) is 0 Å². The Bertz CT molecular complexity index is 1110. The molecule has 0 radical (unpaired) electrons. The lowest BCUT2D eigenvalue weighted by molar-refractivity contribution is -0.134. The monoisotopic (exact) mass is 479 g/mol. The maximum Gasteiger partial charge on any atom is 0.245 e. The van der Waals surface area contributed by atoms with Crippen molar-refractivity contribution in [3.05, 3.63) is 42.4 Å². The number of rotatable bonds is 5. The van der Waals surface area contributed by atoms with Crippen molar-refractivity contribution in [2.24, 2.45) is 0 Å². The number of carbonyl (C=O) groups excluding carboxylic acids is 1. The predicted octanol–water partition coefficient (Wildman–Crippen LogP) is 2.62. The Hall–Kier alpha value is -2.82. The zero-order valence-corrected chi connectivity index (χ0v) is 19.2. The van der Waals surface area contributed by atoms with Gasteiger partial charge in [0.05, 0.1) is 11.9 Å². The van der Waals surface area contributed by atoms with E-state index in [4.69, 9.17) is 0 Å². The molecule has 2 aromatic rings. The molecule has 0 bridgehead atoms. The molecular formula is C22H27F2N5O3S. The fraction of sp³-hybridized carbons (Fsp3) is 0.500. The minimum Gasteiger partial charge on any atom is -0.371 e. The third-order valence-electron chi connectivity index (χ3n) is 6.25. The van der Waals surface area contributed by atoms with Crippen LogP contribution in [0.2, 0.25) is 0 Å². The number of carbonyl (C=O) groups is 1. The van der Waals surface area contributed by atoms with Gasteiger partial charge >= 0.3 is 0 Å². The topological polar surface area (TPSA) is 95.5 Å². The lowest BCUT2D eigenvalue weighted by Crippen LogP contribution is -2.51. The number of piperidine rings is 1. The standard InChI is InChI=1S/C22H27F2N5O3S/c1-33(31,32)20-13-16(23)19(12-17(20)24)27-18-4-2-3-9-29(22(18)30)15-5-10-28(11-6-15)21-14-25-7-8-26-21/h7-8,12-15,18,27H,2-6,9-11H2,1H3/t18-/m0/s1. The molecule has 1 aromatic carbocycles. The van der Waals surface area contributed by atoms with E-state index in [1.165, 1.54) is 0 Å². The Morgan fingerprint density at radius 3 is 2.45 bits per heavy atom. The van der Waals surface area contributed by atoms with Gasteiger partial charge in [-0.1, -0.05) is 0 Å². The highest BCUT2D eigenvalue weighted by Gasteiger charge is 2.34. The SMILES string of the molecule is CS(=O)(=O)c1cc(F)c(N[C@H]2CCCCN(C3CCN(c4cnccn4)CC3)C2=O)cc1F. The van der Waals surface area contributed by atoms with Crippen molar-refractivity contribution in [2.45, 2.75) is 49.1 Å². The number of hydrogen-bond donors (Lipinski definition) is 1. The maximum absolute atomic E-state index is 14.6. The molecule has 4 rings (SSSR count). The van der Waals surface area contributed by atoms with Crippen LogP contribution in [0.4, 0.5) is 20.3 Å². The van der Waals surface area contributed by atoms with Crippen LogP contribution in [0, 0.1) is 11.6 Å². The van der Waals surface area contributed by atoms with Gasteiger partial charge in [-0.25, -0.2) is 22.2 Å². The molecule has 2 saturated heterocycles. The second kappa shape index (κ2) is 9.58. The Morgan fingerprint density at radius 2 is 1.79 bits per heavy atom. The molecule has 0 saturated carbocycles. The summed E-state index contributed by atoms with van der Waals surface area (Å²) in [6.07, 6.45) is 9.47. The highest BCUT2D eigenvalue weighted by Crippen LogP contribution is 2.28. The first kappa shape index (κ1) is 23.3. The number of aromatic nitrogens is 2. The van der Waals surface area contributed by atoms with E-state index in [0.717, 1.165) is 56.9 Å². The van der Waals surface area contributed by atoms with E-state index < -0.39 is 32.4 Å². The van der Waals surface area contributed by atoms with Gasteiger partial charge in [-0.15, -0.1) is 0 Å². The molecule has 0 spiro atoms. The number of sulfone groups is 1. The van der Waals surface area contributed by atoms with Gasteiger partial charge in [-0.2, -0.15) is 0 Å². The van der Waals surface area contributed by atoms with Crippen LogP contribution < -0.4 is 10.2 Å². The number of amides is 1. The van der Waals surface area contributed by atoms with Crippen molar-refractivity contribution in [2.75, 3.05) is 36.1 Å². The highest BCUT2D eigenvalue weighted by molar-refractivity contribution is 7.90. The molecule has 8 nitrogen and oxygen atoms in total. The number of nitrogens with one attached hydrogen (secondary N) is 1. The second-order valence-corrected chi connectivity index (χ2v) is 10.5. The summed E-state index contributed by atoms with van der Waals surface area (Å²) in [4.78, 5) is 25.1. The molecule has 2 aliphatic heterocycles. The molecule has 1 N–H and O–H groups in total. The van der Waals surface area contributed by atoms with Crippen LogP contribution in [-0.2, 0) is 14.6 Å². The molecule has 3 heterocycles. The van der Waals surface area contributed by atoms with Crippen LogP contribution in [-0.4, -0.2) is 67.2 Å². The van der Waals surface area contributed by atoms with E-state index >= 15 is 0 Å². The van der Waals surface area contributed by atoms with E-state index in [2.05, 4.69) is 20.2 Å². The molecule has 0 unspecified atom stereocenters. The number of anilines is 2. The first-order chi connectivity index (χ1) is 15.7. The van der Waals surface area contributed by atoms with Gasteiger partial charge in [0.1, 0.15) is 28.4 Å². The molecule has 1 amide bonds. The fourth-order valence-electron chi connectivity index (χ4n) is 4.53. The first-order valence-electron chi connectivity index (χ1n) is 11.0. The van der Waals surface area contributed by atoms with E-state index in [9.17, 15) is 22.0 Å². The van der Waals surface area contributed by atoms with Gasteiger partial charge in [0, 0.05) is 50.4 Å². The number of hydrogen-bond acceptors (Lipinski definition) is 7. The van der Waals surface area contributed by atoms with Gasteiger partial charge in [0.2, 0.25) is 5.91 Å². The van der Waals surface area contributed by atoms with Gasteiger partial charge in [-0.3, -0.25) is 9.78 Å². The average Bonchev–Trinajstić information content (AvgIpc) is 2.97. The van der Waals surface area contributed by atoms with E-state index in [0.29, 0.717) is 19.0 Å². The average molecular weight is 480 g/mol. The minimum absolute atomic E-state index is 0.0574. The van der Waals surface area contributed by atoms with Crippen molar-refractivity contribution in [3.63, 3.8) is 0 Å². The van der Waals surface area contributed by atoms with E-state index in [-0.39, 0.29) is 17.6 Å². The van der Waals surface area contributed by atoms with Crippen molar-refractivity contribution in [1.82, 2.24) is 14.9 Å². The summed E-state index contributed by atoms with van der Waals surface area (Å²) in [6.45, 7) is 2.12. The van der Waals surface area contributed by atoms with Crippen molar-refractivity contribution in [1.29, 1.82) is 0 Å². The summed E-state index contributed by atoms with van der Waals surface area (Å²) in [5.41, 5.74) is -0.211. The molecule has 2 aliphatic rings. The molecule has 33 heavy (non-hydrogen) atoms. The third kappa shape index (κ3) is 5.23. The zero-order chi connectivity index (χ0) is 23.6. The normalized spacial score (nSPS) is 20.6. The summed E-state index contributed by atoms with van der Waals surface area (Å²) in [7, 11) is -3.90. The summed E-state index contributed by atoms with van der Waals surface area (Å²) in [5, 5.41) is 2.83. The first-order valence-corrected chi connectivity index (χ1v) is 12.9. The van der Waals surface area contributed by atoms with Crippen LogP contribution >= 0.6 is 0 Å². The zero-order valence-electron chi connectivity index (χ0n) is 18.4. The smallest absolute Gasteiger partial charge is 0.245 e. The number of halogens is 2. The van der Waals surface area contributed by atoms with Crippen LogP contribution in [0.1, 0.15) is 32.1 Å². The van der Waals surface area contributed by atoms with Crippen LogP contribution in [0.3, 0.4) is 0 Å². The van der Waals surface area contributed by atoms with Crippen LogP contribution in [0.5, 0.6) is 0 Å². The molecule has 178 valence electrons. The minimum atomic E-state index is -3.90. The molecule has 1 atom stereocenters. The molecule has 2 fully saturated rings. The van der Waals surface area contributed by atoms with Gasteiger partial charge in [-0.05, 0) is 38.2 Å². The molecule has 1 aromatic heterocycles. The van der Waals surface area contributed by atoms with Crippen molar-refractivity contribution in [3.8, 4) is 0 Å². The Morgan fingerprint density at radius 1 is 1.03 bits per heavy atom. The summed E-state index contributed by atoms with van der Waals surface area (Å²) < 4.78 is 52.1. The summed E-state index contributed by atoms with van der Waals surface area (Å²) in [5.74, 6) is -1.28. The lowest BCUT2D eigenvalue weighted by Gasteiger charge is -2.39. The number of nitrogens with zero attached hydrogens (tertiary/aromatic N) is 4. The van der Waals surface area contributed by atoms with Crippen molar-refractivity contribution >= 4 is 27.2 Å². The van der Waals surface area contributed by atoms with Gasteiger partial charge < -0.3 is 15.1 Å². The van der Waals surface area contributed by atoms with Gasteiger partial charge in [0.15, 0.2) is 9.84 Å². The van der Waals surface area contributed by atoms with E-state index in [1.54, 1.807) is 18.6 Å². The largest absolute Gasteiger partial charge is 0.371 e. The molecule has 0 aliphatic carbocycles. The Kier molecular flexibility index (Phi) is 6.78. The highest BCUT2D eigenvalue weighted by atomic mass is 32.2. The Labute approximate surface area is 191 Å². The van der Waals surface area contributed by atoms with Crippen molar-refractivity contribution < 1.29 is 22.0 Å². The Balaban J connectivity index is 1.46. The molecular weight excluding hydrogens is 452 g/mol. The number of benzene rings is 1. The quantitative estimate of drug-likeness (QED) is 0.704. The van der Waals surface area contributed by atoms with Gasteiger partial charge in [0.25, 0.3) is 0 Å². The fourth-order valence-corrected chi connectivity index (χ4v) is 5.26. The second-order valence-electron chi connectivity index (χ2n) is 8.54. The lowest BCUT2D eigenvalue weighted by atomic mass is 10.0.